The predicted octanol–water partition coefficient (Wildman–Crippen LogP) is 1.76. The second-order valence-corrected chi connectivity index (χ2v) is 3.37. The van der Waals surface area contributed by atoms with E-state index >= 15 is 0 Å². The zero-order chi connectivity index (χ0) is 9.10. The van der Waals surface area contributed by atoms with Crippen molar-refractivity contribution in [1.82, 2.24) is 0 Å². The summed E-state index contributed by atoms with van der Waals surface area (Å²) >= 11 is 0. The van der Waals surface area contributed by atoms with Crippen LogP contribution in [0.2, 0.25) is 0 Å². The minimum absolute atomic E-state index is 0.208. The predicted molar refractivity (Wildman–Crippen MR) is 49.6 cm³/mol. The first kappa shape index (κ1) is 8.45. The summed E-state index contributed by atoms with van der Waals surface area (Å²) in [6.45, 7) is 0.971. The molecule has 0 spiro atoms. The van der Waals surface area contributed by atoms with Crippen molar-refractivity contribution in [3.8, 4) is 0 Å². The third-order valence-corrected chi connectivity index (χ3v) is 2.33. The first-order chi connectivity index (χ1) is 6.36. The molecule has 0 aromatic heterocycles. The third kappa shape index (κ3) is 1.95. The van der Waals surface area contributed by atoms with E-state index in [1.165, 1.54) is 5.56 Å². The van der Waals surface area contributed by atoms with Gasteiger partial charge in [-0.3, -0.25) is 4.79 Å². The Morgan fingerprint density at radius 3 is 2.69 bits per heavy atom. The summed E-state index contributed by atoms with van der Waals surface area (Å²) in [5.41, 5.74) is 1.20. The zero-order valence-corrected chi connectivity index (χ0v) is 7.40. The van der Waals surface area contributed by atoms with Crippen LogP contribution in [0.25, 0.3) is 0 Å². The molecule has 1 fully saturated rings. The average molecular weight is 176 g/mol. The van der Waals surface area contributed by atoms with Gasteiger partial charge in [0.05, 0.1) is 6.61 Å². The lowest BCUT2D eigenvalue weighted by atomic mass is 9.93. The summed E-state index contributed by atoms with van der Waals surface area (Å²) in [5, 5.41) is 0. The van der Waals surface area contributed by atoms with Crippen LogP contribution in [0, 0.1) is 0 Å². The average Bonchev–Trinajstić information content (AvgIpc) is 2.19. The minimum atomic E-state index is 0.208. The molecule has 0 radical (unpaired) electrons. The van der Waals surface area contributed by atoms with Gasteiger partial charge in [-0.05, 0) is 5.56 Å². The number of Topliss-reactive ketones (excluding diaryl/α,β-unsaturated/α-hetero) is 1. The van der Waals surface area contributed by atoms with Crippen molar-refractivity contribution in [2.24, 2.45) is 0 Å². The standard InChI is InChI=1S/C11H12O2/c12-11-6-10(7-13-8-11)9-4-2-1-3-5-9/h1-5,10H,6-8H2/t10-/m0/s1. The van der Waals surface area contributed by atoms with Crippen LogP contribution in [0.1, 0.15) is 17.9 Å². The number of hydrogen-bond donors (Lipinski definition) is 0. The lowest BCUT2D eigenvalue weighted by molar-refractivity contribution is -0.128. The van der Waals surface area contributed by atoms with Gasteiger partial charge in [0.2, 0.25) is 0 Å². The van der Waals surface area contributed by atoms with Gasteiger partial charge in [-0.15, -0.1) is 0 Å². The highest BCUT2D eigenvalue weighted by Gasteiger charge is 2.20. The van der Waals surface area contributed by atoms with Crippen molar-refractivity contribution in [2.45, 2.75) is 12.3 Å². The first-order valence-electron chi connectivity index (χ1n) is 4.50. The van der Waals surface area contributed by atoms with Gasteiger partial charge in [-0.1, -0.05) is 30.3 Å². The van der Waals surface area contributed by atoms with Gasteiger partial charge in [0.1, 0.15) is 6.61 Å². The maximum absolute atomic E-state index is 11.1. The van der Waals surface area contributed by atoms with Gasteiger partial charge in [-0.2, -0.15) is 0 Å². The topological polar surface area (TPSA) is 26.3 Å². The molecule has 0 unspecified atom stereocenters. The molecule has 2 heteroatoms. The Hall–Kier alpha value is -1.15. The van der Waals surface area contributed by atoms with Crippen molar-refractivity contribution >= 4 is 5.78 Å². The Morgan fingerprint density at radius 1 is 1.23 bits per heavy atom. The Labute approximate surface area is 77.5 Å². The molecular formula is C11H12O2. The van der Waals surface area contributed by atoms with Gasteiger partial charge >= 0.3 is 0 Å². The molecule has 0 aliphatic carbocycles. The number of ether oxygens (including phenoxy) is 1. The monoisotopic (exact) mass is 176 g/mol. The zero-order valence-electron chi connectivity index (χ0n) is 7.40. The van der Waals surface area contributed by atoms with E-state index in [-0.39, 0.29) is 11.7 Å². The van der Waals surface area contributed by atoms with E-state index in [9.17, 15) is 4.79 Å². The fourth-order valence-corrected chi connectivity index (χ4v) is 1.65. The second-order valence-electron chi connectivity index (χ2n) is 3.37. The van der Waals surface area contributed by atoms with E-state index in [1.54, 1.807) is 0 Å². The Balaban J connectivity index is 2.13. The highest BCUT2D eigenvalue weighted by atomic mass is 16.5. The number of carbonyl (C=O) groups excluding carboxylic acids is 1. The summed E-state index contributed by atoms with van der Waals surface area (Å²) in [5.74, 6) is 0.475. The van der Waals surface area contributed by atoms with Gasteiger partial charge in [0.15, 0.2) is 5.78 Å². The van der Waals surface area contributed by atoms with Crippen LogP contribution < -0.4 is 0 Å². The molecule has 1 aromatic rings. The fraction of sp³-hybridized carbons (Fsp3) is 0.364. The third-order valence-electron chi connectivity index (χ3n) is 2.33. The van der Waals surface area contributed by atoms with Crippen molar-refractivity contribution in [2.75, 3.05) is 13.2 Å². The molecule has 0 bridgehead atoms. The molecule has 0 saturated carbocycles. The molecule has 0 amide bonds. The van der Waals surface area contributed by atoms with Crippen LogP contribution in [0.5, 0.6) is 0 Å². The lowest BCUT2D eigenvalue weighted by Gasteiger charge is -2.21. The van der Waals surface area contributed by atoms with Gasteiger partial charge < -0.3 is 4.74 Å². The molecule has 13 heavy (non-hydrogen) atoms. The number of hydrogen-bond acceptors (Lipinski definition) is 2. The Bertz CT molecular complexity index is 292. The van der Waals surface area contributed by atoms with E-state index in [4.69, 9.17) is 4.74 Å². The molecular weight excluding hydrogens is 164 g/mol. The molecule has 2 nitrogen and oxygen atoms in total. The van der Waals surface area contributed by atoms with E-state index in [2.05, 4.69) is 0 Å². The number of ketones is 1. The van der Waals surface area contributed by atoms with E-state index in [1.807, 2.05) is 30.3 Å². The summed E-state index contributed by atoms with van der Waals surface area (Å²) < 4.78 is 5.20. The van der Waals surface area contributed by atoms with E-state index < -0.39 is 0 Å². The van der Waals surface area contributed by atoms with E-state index in [0.29, 0.717) is 19.6 Å². The molecule has 1 saturated heterocycles. The maximum atomic E-state index is 11.1. The molecule has 1 heterocycles. The van der Waals surface area contributed by atoms with Crippen molar-refractivity contribution in [3.05, 3.63) is 35.9 Å². The van der Waals surface area contributed by atoms with Gasteiger partial charge in [0, 0.05) is 12.3 Å². The van der Waals surface area contributed by atoms with Crippen molar-refractivity contribution in [3.63, 3.8) is 0 Å². The molecule has 1 atom stereocenters. The van der Waals surface area contributed by atoms with Gasteiger partial charge in [-0.25, -0.2) is 0 Å². The Morgan fingerprint density at radius 2 is 2.00 bits per heavy atom. The van der Waals surface area contributed by atoms with E-state index in [0.717, 1.165) is 0 Å². The summed E-state index contributed by atoms with van der Waals surface area (Å²) in [6, 6.07) is 10.1. The molecule has 0 N–H and O–H groups in total. The Kier molecular flexibility index (Phi) is 2.41. The van der Waals surface area contributed by atoms with Crippen LogP contribution in [0.15, 0.2) is 30.3 Å². The van der Waals surface area contributed by atoms with Crippen LogP contribution in [-0.2, 0) is 9.53 Å². The quantitative estimate of drug-likeness (QED) is 0.651. The lowest BCUT2D eigenvalue weighted by Crippen LogP contribution is -2.23. The highest BCUT2D eigenvalue weighted by molar-refractivity contribution is 5.81. The minimum Gasteiger partial charge on any atom is -0.373 e. The summed E-state index contributed by atoms with van der Waals surface area (Å²) in [7, 11) is 0. The SMILES string of the molecule is O=C1COC[C@@H](c2ccccc2)C1. The number of rotatable bonds is 1. The number of benzene rings is 1. The van der Waals surface area contributed by atoms with Crippen LogP contribution in [-0.4, -0.2) is 19.0 Å². The van der Waals surface area contributed by atoms with Gasteiger partial charge in [0.25, 0.3) is 0 Å². The van der Waals surface area contributed by atoms with Crippen molar-refractivity contribution < 1.29 is 9.53 Å². The smallest absolute Gasteiger partial charge is 0.159 e. The summed E-state index contributed by atoms with van der Waals surface area (Å²) in [6.07, 6.45) is 0.629. The largest absolute Gasteiger partial charge is 0.373 e. The molecule has 1 aromatic carbocycles. The van der Waals surface area contributed by atoms with Crippen LogP contribution in [0.3, 0.4) is 0 Å². The summed E-state index contributed by atoms with van der Waals surface area (Å²) in [4.78, 5) is 11.1. The molecule has 1 aliphatic heterocycles. The molecule has 2 rings (SSSR count). The molecule has 1 aliphatic rings. The first-order valence-corrected chi connectivity index (χ1v) is 4.50. The fourth-order valence-electron chi connectivity index (χ4n) is 1.65. The number of carbonyl (C=O) groups is 1. The van der Waals surface area contributed by atoms with Crippen LogP contribution in [0.4, 0.5) is 0 Å². The second kappa shape index (κ2) is 3.71. The molecule has 68 valence electrons. The maximum Gasteiger partial charge on any atom is 0.159 e. The highest BCUT2D eigenvalue weighted by Crippen LogP contribution is 2.22. The van der Waals surface area contributed by atoms with Crippen molar-refractivity contribution in [1.29, 1.82) is 0 Å². The normalized spacial score (nSPS) is 23.1. The van der Waals surface area contributed by atoms with Crippen LogP contribution >= 0.6 is 0 Å².